The lowest BCUT2D eigenvalue weighted by atomic mass is 9.89. The van der Waals surface area contributed by atoms with Gasteiger partial charge in [-0.05, 0) is 73.7 Å². The molecule has 2 aromatic carbocycles. The summed E-state index contributed by atoms with van der Waals surface area (Å²) in [6.45, 7) is 9.48. The molecule has 0 bridgehead atoms. The second-order valence-electron chi connectivity index (χ2n) is 11.6. The smallest absolute Gasteiger partial charge is 0.308 e. The van der Waals surface area contributed by atoms with Gasteiger partial charge in [-0.1, -0.05) is 44.6 Å². The maximum atomic E-state index is 11.6. The van der Waals surface area contributed by atoms with Gasteiger partial charge in [-0.3, -0.25) is 24.1 Å². The molecule has 1 atom stereocenters. The van der Waals surface area contributed by atoms with E-state index < -0.39 is 28.8 Å². The largest absolute Gasteiger partial charge is 0.423 e. The van der Waals surface area contributed by atoms with E-state index in [1.54, 1.807) is 24.3 Å². The van der Waals surface area contributed by atoms with Gasteiger partial charge in [0, 0.05) is 40.8 Å². The quantitative estimate of drug-likeness (QED) is 0.0888. The number of rotatable bonds is 15. The van der Waals surface area contributed by atoms with Crippen molar-refractivity contribution in [3.8, 4) is 23.0 Å². The molecule has 240 valence electrons. The number of hydrogen-bond donors (Lipinski definition) is 0. The van der Waals surface area contributed by atoms with Crippen LogP contribution in [-0.4, -0.2) is 41.9 Å². The van der Waals surface area contributed by atoms with Gasteiger partial charge in [-0.2, -0.15) is 0 Å². The summed E-state index contributed by atoms with van der Waals surface area (Å²) in [7, 11) is 0. The van der Waals surface area contributed by atoms with Crippen LogP contribution in [0.4, 0.5) is 0 Å². The van der Waals surface area contributed by atoms with Gasteiger partial charge in [0.1, 0.15) is 0 Å². The Hall–Kier alpha value is -3.43. The minimum absolute atomic E-state index is 0.204. The van der Waals surface area contributed by atoms with E-state index in [2.05, 4.69) is 4.90 Å². The lowest BCUT2D eigenvalue weighted by Crippen LogP contribution is -2.41. The van der Waals surface area contributed by atoms with Crippen molar-refractivity contribution in [2.24, 2.45) is 0 Å². The van der Waals surface area contributed by atoms with Gasteiger partial charge in [0.2, 0.25) is 0 Å². The van der Waals surface area contributed by atoms with Crippen molar-refractivity contribution in [2.75, 3.05) is 13.1 Å². The minimum atomic E-state index is -0.663. The van der Waals surface area contributed by atoms with Crippen molar-refractivity contribution < 1.29 is 38.1 Å². The van der Waals surface area contributed by atoms with Crippen molar-refractivity contribution in [3.05, 3.63) is 47.0 Å². The Morgan fingerprint density at radius 1 is 0.682 bits per heavy atom. The molecular formula is C34H44ClNO8. The second-order valence-corrected chi connectivity index (χ2v) is 12.4. The summed E-state index contributed by atoms with van der Waals surface area (Å²) in [5, 5.41) is 0. The molecule has 2 aromatic rings. The summed E-state index contributed by atoms with van der Waals surface area (Å²) in [6.07, 6.45) is 9.93. The fourth-order valence-corrected chi connectivity index (χ4v) is 5.90. The predicted octanol–water partition coefficient (Wildman–Crippen LogP) is 7.02. The van der Waals surface area contributed by atoms with E-state index in [9.17, 15) is 19.2 Å². The van der Waals surface area contributed by atoms with E-state index in [0.717, 1.165) is 61.8 Å². The number of unbranched alkanes of at least 4 members (excludes halogenated alkanes) is 7. The normalized spacial score (nSPS) is 16.1. The Balaban J connectivity index is 1.37. The van der Waals surface area contributed by atoms with Gasteiger partial charge in [-0.15, -0.1) is 11.6 Å². The fourth-order valence-electron chi connectivity index (χ4n) is 5.55. The van der Waals surface area contributed by atoms with E-state index >= 15 is 0 Å². The molecule has 1 heterocycles. The lowest BCUT2D eigenvalue weighted by Gasteiger charge is -2.38. The Kier molecular flexibility index (Phi) is 13.2. The number of esters is 4. The maximum Gasteiger partial charge on any atom is 0.308 e. The molecule has 0 saturated heterocycles. The highest BCUT2D eigenvalue weighted by atomic mass is 35.5. The predicted molar refractivity (Wildman–Crippen MR) is 167 cm³/mol. The van der Waals surface area contributed by atoms with E-state index in [0.29, 0.717) is 13.1 Å². The first-order valence-corrected chi connectivity index (χ1v) is 15.7. The lowest BCUT2D eigenvalue weighted by molar-refractivity contribution is -0.134. The average Bonchev–Trinajstić information content (AvgIpc) is 2.90. The molecule has 0 saturated carbocycles. The Labute approximate surface area is 265 Å². The first-order valence-electron chi connectivity index (χ1n) is 15.3. The first-order chi connectivity index (χ1) is 20.8. The molecule has 0 fully saturated rings. The second kappa shape index (κ2) is 16.6. The summed E-state index contributed by atoms with van der Waals surface area (Å²) in [5.74, 6) is -0.944. The molecule has 0 aromatic heterocycles. The van der Waals surface area contributed by atoms with Crippen LogP contribution in [0.25, 0.3) is 0 Å². The van der Waals surface area contributed by atoms with E-state index in [1.807, 2.05) is 13.0 Å². The van der Waals surface area contributed by atoms with Gasteiger partial charge in [-0.25, -0.2) is 0 Å². The molecule has 10 heteroatoms. The number of carbonyl (C=O) groups excluding carboxylic acids is 4. The molecule has 0 aliphatic carbocycles. The number of aryl methyl sites for hydroxylation is 1. The first kappa shape index (κ1) is 35.1. The number of halogens is 1. The van der Waals surface area contributed by atoms with Crippen molar-refractivity contribution in [3.63, 3.8) is 0 Å². The fraction of sp³-hybridized carbons (Fsp3) is 0.529. The standard InChI is InChI=1S/C34H44ClNO8/c1-23(37)41-30-16-15-27(18-31(30)42-24(2)38)14-12-10-8-6-7-9-11-13-17-36-21-28-19-32(43-25(3)39)33(44-26(4)40)20-29(28)34(5,35)22-36/h15-16,18-20H,6-14,17,21-22H2,1-5H3. The van der Waals surface area contributed by atoms with Crippen LogP contribution < -0.4 is 18.9 Å². The van der Waals surface area contributed by atoms with Gasteiger partial charge in [0.05, 0.1) is 4.87 Å². The van der Waals surface area contributed by atoms with Crippen LogP contribution in [0.15, 0.2) is 30.3 Å². The number of nitrogens with zero attached hydrogens (tertiary/aromatic N) is 1. The Morgan fingerprint density at radius 3 is 1.73 bits per heavy atom. The average molecular weight is 630 g/mol. The molecule has 0 radical (unpaired) electrons. The third-order valence-corrected chi connectivity index (χ3v) is 7.68. The third kappa shape index (κ3) is 11.2. The molecule has 44 heavy (non-hydrogen) atoms. The van der Waals surface area contributed by atoms with Gasteiger partial charge >= 0.3 is 23.9 Å². The SMILES string of the molecule is CC(=O)Oc1ccc(CCCCCCCCCCN2Cc3cc(OC(C)=O)c(OC(C)=O)cc3C(C)(Cl)C2)cc1OC(C)=O. The Bertz CT molecular complexity index is 1340. The van der Waals surface area contributed by atoms with Crippen LogP contribution in [-0.2, 0) is 37.0 Å². The van der Waals surface area contributed by atoms with Gasteiger partial charge in [0.25, 0.3) is 0 Å². The number of carbonyl (C=O) groups is 4. The Morgan fingerprint density at radius 2 is 1.16 bits per heavy atom. The zero-order chi connectivity index (χ0) is 32.3. The number of hydrogen-bond acceptors (Lipinski definition) is 9. The zero-order valence-electron chi connectivity index (χ0n) is 26.5. The van der Waals surface area contributed by atoms with E-state index in [4.69, 9.17) is 30.5 Å². The molecule has 0 spiro atoms. The van der Waals surface area contributed by atoms with E-state index in [1.165, 1.54) is 47.0 Å². The monoisotopic (exact) mass is 629 g/mol. The maximum absolute atomic E-state index is 11.6. The molecule has 0 N–H and O–H groups in total. The van der Waals surface area contributed by atoms with E-state index in [-0.39, 0.29) is 23.0 Å². The zero-order valence-corrected chi connectivity index (χ0v) is 27.2. The number of benzene rings is 2. The molecular weight excluding hydrogens is 586 g/mol. The highest BCUT2D eigenvalue weighted by Crippen LogP contribution is 2.43. The third-order valence-electron chi connectivity index (χ3n) is 7.36. The number of ether oxygens (including phenoxy) is 4. The summed E-state index contributed by atoms with van der Waals surface area (Å²) >= 11 is 6.95. The molecule has 1 aliphatic rings. The van der Waals surface area contributed by atoms with Crippen LogP contribution in [0.3, 0.4) is 0 Å². The molecule has 1 aliphatic heterocycles. The van der Waals surface area contributed by atoms with Crippen LogP contribution >= 0.6 is 11.6 Å². The van der Waals surface area contributed by atoms with Crippen molar-refractivity contribution in [1.29, 1.82) is 0 Å². The summed E-state index contributed by atoms with van der Waals surface area (Å²) < 4.78 is 21.0. The number of fused-ring (bicyclic) bond motifs is 1. The van der Waals surface area contributed by atoms with Crippen molar-refractivity contribution in [1.82, 2.24) is 4.90 Å². The van der Waals surface area contributed by atoms with Crippen LogP contribution in [0.1, 0.15) is 103 Å². The summed E-state index contributed by atoms with van der Waals surface area (Å²) in [5.41, 5.74) is 2.88. The highest BCUT2D eigenvalue weighted by Gasteiger charge is 2.35. The van der Waals surface area contributed by atoms with Crippen LogP contribution in [0.2, 0.25) is 0 Å². The minimum Gasteiger partial charge on any atom is -0.423 e. The summed E-state index contributed by atoms with van der Waals surface area (Å²) in [6, 6.07) is 8.83. The van der Waals surface area contributed by atoms with Crippen molar-refractivity contribution in [2.45, 2.75) is 104 Å². The van der Waals surface area contributed by atoms with Gasteiger partial charge < -0.3 is 18.9 Å². The number of alkyl halides is 1. The highest BCUT2D eigenvalue weighted by molar-refractivity contribution is 6.24. The molecule has 3 rings (SSSR count). The van der Waals surface area contributed by atoms with Gasteiger partial charge in [0.15, 0.2) is 23.0 Å². The molecule has 0 amide bonds. The topological polar surface area (TPSA) is 108 Å². The van der Waals surface area contributed by atoms with Crippen LogP contribution in [0, 0.1) is 0 Å². The van der Waals surface area contributed by atoms with Crippen molar-refractivity contribution >= 4 is 35.5 Å². The molecule has 9 nitrogen and oxygen atoms in total. The summed E-state index contributed by atoms with van der Waals surface area (Å²) in [4.78, 5) is 47.6. The van der Waals surface area contributed by atoms with Crippen LogP contribution in [0.5, 0.6) is 23.0 Å². The molecule has 1 unspecified atom stereocenters.